The van der Waals surface area contributed by atoms with Crippen LogP contribution in [0.4, 0.5) is 0 Å². The highest BCUT2D eigenvalue weighted by Gasteiger charge is 2.45. The van der Waals surface area contributed by atoms with Crippen LogP contribution in [-0.2, 0) is 5.41 Å². The van der Waals surface area contributed by atoms with Crippen LogP contribution in [0.1, 0.15) is 25.2 Å². The fourth-order valence-corrected chi connectivity index (χ4v) is 1.13. The zero-order valence-electron chi connectivity index (χ0n) is 5.06. The highest BCUT2D eigenvalue weighted by atomic mass is 16.3. The first kappa shape index (κ1) is 4.19. The van der Waals surface area contributed by atoms with Gasteiger partial charge in [0.1, 0.15) is 5.76 Å². The molecule has 1 nitrogen and oxygen atoms in total. The molecule has 0 atom stereocenters. The van der Waals surface area contributed by atoms with Crippen LogP contribution in [-0.4, -0.2) is 0 Å². The van der Waals surface area contributed by atoms with Crippen LogP contribution in [0.25, 0.3) is 0 Å². The molecule has 1 aromatic rings. The maximum atomic E-state index is 5.14. The summed E-state index contributed by atoms with van der Waals surface area (Å²) in [6, 6.07) is 2.04. The van der Waals surface area contributed by atoms with Crippen LogP contribution in [0.5, 0.6) is 0 Å². The van der Waals surface area contributed by atoms with Gasteiger partial charge in [0, 0.05) is 5.56 Å². The van der Waals surface area contributed by atoms with E-state index >= 15 is 0 Å². The zero-order chi connectivity index (χ0) is 5.78. The monoisotopic (exact) mass is 108 g/mol. The summed E-state index contributed by atoms with van der Waals surface area (Å²) in [5, 5.41) is 0. The van der Waals surface area contributed by atoms with E-state index in [-0.39, 0.29) is 5.41 Å². The molecule has 1 heteroatoms. The van der Waals surface area contributed by atoms with Crippen molar-refractivity contribution < 1.29 is 4.42 Å². The van der Waals surface area contributed by atoms with Gasteiger partial charge in [0.2, 0.25) is 0 Å². The molecule has 1 aliphatic rings. The van der Waals surface area contributed by atoms with Crippen molar-refractivity contribution in [3.8, 4) is 0 Å². The second-order valence-electron chi connectivity index (χ2n) is 2.79. The third-order valence-corrected chi connectivity index (χ3v) is 1.84. The first-order chi connectivity index (χ1) is 3.73. The summed E-state index contributed by atoms with van der Waals surface area (Å²) >= 11 is 0. The molecule has 0 spiro atoms. The van der Waals surface area contributed by atoms with E-state index in [1.54, 1.807) is 6.26 Å². The Morgan fingerprint density at radius 3 is 2.50 bits per heavy atom. The minimum Gasteiger partial charge on any atom is -0.468 e. The molecule has 8 heavy (non-hydrogen) atoms. The van der Waals surface area contributed by atoms with Crippen molar-refractivity contribution in [1.82, 2.24) is 0 Å². The Hall–Kier alpha value is -0.720. The zero-order valence-corrected chi connectivity index (χ0v) is 5.06. The van der Waals surface area contributed by atoms with Crippen molar-refractivity contribution in [2.75, 3.05) is 0 Å². The third-order valence-electron chi connectivity index (χ3n) is 1.84. The van der Waals surface area contributed by atoms with Crippen molar-refractivity contribution in [3.63, 3.8) is 0 Å². The van der Waals surface area contributed by atoms with Crippen LogP contribution in [0.3, 0.4) is 0 Å². The number of hydrogen-bond donors (Lipinski definition) is 0. The highest BCUT2D eigenvalue weighted by Crippen LogP contribution is 2.49. The van der Waals surface area contributed by atoms with E-state index in [9.17, 15) is 0 Å². The van der Waals surface area contributed by atoms with E-state index in [2.05, 4.69) is 13.8 Å². The summed E-state index contributed by atoms with van der Waals surface area (Å²) < 4.78 is 5.14. The Balaban J connectivity index is 2.57. The van der Waals surface area contributed by atoms with Gasteiger partial charge in [0.15, 0.2) is 0 Å². The molecule has 1 aromatic heterocycles. The summed E-state index contributed by atoms with van der Waals surface area (Å²) in [4.78, 5) is 0. The molecule has 0 fully saturated rings. The standard InChI is InChI=1S/C7H8O/c1-7(2)5-3-4-8-6(5)7/h3-4H,1-2H3. The summed E-state index contributed by atoms with van der Waals surface area (Å²) in [7, 11) is 0. The maximum Gasteiger partial charge on any atom is 0.118 e. The summed E-state index contributed by atoms with van der Waals surface area (Å²) in [5.74, 6) is 1.16. The molecule has 2 rings (SSSR count). The lowest BCUT2D eigenvalue weighted by Crippen LogP contribution is -1.91. The van der Waals surface area contributed by atoms with Crippen molar-refractivity contribution in [3.05, 3.63) is 23.7 Å². The lowest BCUT2D eigenvalue weighted by molar-refractivity contribution is 0.499. The van der Waals surface area contributed by atoms with Crippen LogP contribution < -0.4 is 0 Å². The first-order valence-corrected chi connectivity index (χ1v) is 2.81. The minimum absolute atomic E-state index is 0.286. The number of fused-ring (bicyclic) bond motifs is 1. The van der Waals surface area contributed by atoms with Crippen LogP contribution in [0.15, 0.2) is 16.7 Å². The van der Waals surface area contributed by atoms with Gasteiger partial charge in [-0.1, -0.05) is 0 Å². The number of hydrogen-bond acceptors (Lipinski definition) is 1. The first-order valence-electron chi connectivity index (χ1n) is 2.81. The van der Waals surface area contributed by atoms with Gasteiger partial charge >= 0.3 is 0 Å². The molecule has 0 unspecified atom stereocenters. The van der Waals surface area contributed by atoms with E-state index in [0.717, 1.165) is 5.76 Å². The predicted octanol–water partition coefficient (Wildman–Crippen LogP) is 1.92. The molecule has 0 saturated carbocycles. The second kappa shape index (κ2) is 0.859. The normalized spacial score (nSPS) is 20.2. The quantitative estimate of drug-likeness (QED) is 0.495. The molecule has 0 radical (unpaired) electrons. The average Bonchev–Trinajstić information content (AvgIpc) is 2.22. The molecule has 0 aromatic carbocycles. The summed E-state index contributed by atoms with van der Waals surface area (Å²) in [6.45, 7) is 4.34. The van der Waals surface area contributed by atoms with Gasteiger partial charge in [-0.05, 0) is 19.9 Å². The van der Waals surface area contributed by atoms with Gasteiger partial charge in [-0.15, -0.1) is 0 Å². The summed E-state index contributed by atoms with van der Waals surface area (Å²) in [6.07, 6.45) is 1.75. The van der Waals surface area contributed by atoms with Crippen molar-refractivity contribution in [1.29, 1.82) is 0 Å². The minimum atomic E-state index is 0.286. The van der Waals surface area contributed by atoms with Gasteiger partial charge in [0.05, 0.1) is 11.7 Å². The van der Waals surface area contributed by atoms with Gasteiger partial charge in [-0.2, -0.15) is 0 Å². The van der Waals surface area contributed by atoms with E-state index in [4.69, 9.17) is 4.42 Å². The van der Waals surface area contributed by atoms with E-state index < -0.39 is 0 Å². The number of rotatable bonds is 0. The molecule has 1 heterocycles. The van der Waals surface area contributed by atoms with Gasteiger partial charge in [-0.3, -0.25) is 0 Å². The molecule has 0 bridgehead atoms. The van der Waals surface area contributed by atoms with E-state index in [1.807, 2.05) is 6.07 Å². The highest BCUT2D eigenvalue weighted by molar-refractivity contribution is 5.51. The third kappa shape index (κ3) is 0.260. The molecule has 1 aliphatic carbocycles. The maximum absolute atomic E-state index is 5.14. The van der Waals surface area contributed by atoms with Crippen molar-refractivity contribution in [2.45, 2.75) is 19.3 Å². The molecular weight excluding hydrogens is 100 g/mol. The topological polar surface area (TPSA) is 13.1 Å². The molecule has 0 N–H and O–H groups in total. The fourth-order valence-electron chi connectivity index (χ4n) is 1.13. The van der Waals surface area contributed by atoms with Gasteiger partial charge < -0.3 is 4.42 Å². The van der Waals surface area contributed by atoms with Crippen LogP contribution in [0.2, 0.25) is 0 Å². The Morgan fingerprint density at radius 2 is 2.25 bits per heavy atom. The Bertz CT molecular complexity index is 200. The molecule has 0 aliphatic heterocycles. The average molecular weight is 108 g/mol. The van der Waals surface area contributed by atoms with Crippen molar-refractivity contribution in [2.24, 2.45) is 0 Å². The van der Waals surface area contributed by atoms with E-state index in [0.29, 0.717) is 0 Å². The fraction of sp³-hybridized carbons (Fsp3) is 0.429. The summed E-state index contributed by atoms with van der Waals surface area (Å²) in [5.41, 5.74) is 1.66. The second-order valence-corrected chi connectivity index (χ2v) is 2.79. The molecular formula is C7H8O. The van der Waals surface area contributed by atoms with E-state index in [1.165, 1.54) is 5.56 Å². The largest absolute Gasteiger partial charge is 0.468 e. The Morgan fingerprint density at radius 1 is 1.50 bits per heavy atom. The van der Waals surface area contributed by atoms with Crippen LogP contribution in [0, 0.1) is 0 Å². The van der Waals surface area contributed by atoms with Gasteiger partial charge in [0.25, 0.3) is 0 Å². The molecule has 0 amide bonds. The number of furan rings is 1. The van der Waals surface area contributed by atoms with Crippen molar-refractivity contribution >= 4 is 0 Å². The smallest absolute Gasteiger partial charge is 0.118 e. The Labute approximate surface area is 48.3 Å². The van der Waals surface area contributed by atoms with Gasteiger partial charge in [-0.25, -0.2) is 0 Å². The molecule has 42 valence electrons. The lowest BCUT2D eigenvalue weighted by Gasteiger charge is -1.94. The Kier molecular flexibility index (Phi) is 0.449. The SMILES string of the molecule is CC1(C)c2ccoc21. The molecule has 0 saturated heterocycles. The lowest BCUT2D eigenvalue weighted by atomic mass is 10.1. The predicted molar refractivity (Wildman–Crippen MR) is 30.8 cm³/mol. The van der Waals surface area contributed by atoms with Crippen LogP contribution >= 0.6 is 0 Å².